The van der Waals surface area contributed by atoms with E-state index in [1.54, 1.807) is 43.3 Å². The monoisotopic (exact) mass is 381 g/mol. The molecule has 0 fully saturated rings. The van der Waals surface area contributed by atoms with Crippen molar-refractivity contribution in [2.24, 2.45) is 0 Å². The number of nitrogens with zero attached hydrogens (tertiary/aromatic N) is 3. The Kier molecular flexibility index (Phi) is 4.92. The molecular weight excluding hydrogens is 367 g/mol. The number of imidazole rings is 1. The molecule has 0 aliphatic carbocycles. The van der Waals surface area contributed by atoms with Crippen LogP contribution < -0.4 is 0 Å². The molecule has 3 rings (SSSR count). The van der Waals surface area contributed by atoms with E-state index in [0.29, 0.717) is 22.5 Å². The number of rotatable bonds is 4. The standard InChI is InChI=1S/C17H14F3N3O2S/c1-11-8-13(6-7-21-11)16-22-15(17(18,19)20)9-23(16)14-4-2-12(3-5-14)10-26(24)25/h2-9H,10H2,1H3,(H,24,25). The van der Waals surface area contributed by atoms with Gasteiger partial charge in [0.15, 0.2) is 16.8 Å². The van der Waals surface area contributed by atoms with Gasteiger partial charge in [-0.05, 0) is 36.8 Å². The smallest absolute Gasteiger partial charge is 0.306 e. The van der Waals surface area contributed by atoms with Crippen LogP contribution in [0.2, 0.25) is 0 Å². The summed E-state index contributed by atoms with van der Waals surface area (Å²) in [4.78, 5) is 7.81. The van der Waals surface area contributed by atoms with Crippen molar-refractivity contribution in [2.45, 2.75) is 18.9 Å². The van der Waals surface area contributed by atoms with Gasteiger partial charge in [-0.1, -0.05) is 12.1 Å². The zero-order valence-electron chi connectivity index (χ0n) is 13.6. The van der Waals surface area contributed by atoms with Gasteiger partial charge in [0.05, 0.1) is 5.75 Å². The summed E-state index contributed by atoms with van der Waals surface area (Å²) in [6.07, 6.45) is -2.13. The first-order chi connectivity index (χ1) is 12.2. The Morgan fingerprint density at radius 2 is 1.88 bits per heavy atom. The lowest BCUT2D eigenvalue weighted by Crippen LogP contribution is -2.05. The second-order valence-electron chi connectivity index (χ2n) is 5.64. The Balaban J connectivity index is 2.10. The van der Waals surface area contributed by atoms with Gasteiger partial charge in [-0.25, -0.2) is 9.19 Å². The van der Waals surface area contributed by atoms with Crippen LogP contribution in [-0.4, -0.2) is 23.3 Å². The van der Waals surface area contributed by atoms with E-state index >= 15 is 0 Å². The normalized spacial score (nSPS) is 13.0. The molecule has 9 heteroatoms. The summed E-state index contributed by atoms with van der Waals surface area (Å²) in [5.74, 6) is 0.0929. The maximum absolute atomic E-state index is 13.1. The zero-order chi connectivity index (χ0) is 18.9. The minimum absolute atomic E-state index is 0.0472. The number of hydrogen-bond acceptors (Lipinski definition) is 3. The predicted molar refractivity (Wildman–Crippen MR) is 91.0 cm³/mol. The summed E-state index contributed by atoms with van der Waals surface area (Å²) in [7, 11) is 0. The minimum Gasteiger partial charge on any atom is -0.306 e. The third-order valence-corrected chi connectivity index (χ3v) is 4.24. The van der Waals surface area contributed by atoms with E-state index in [0.717, 1.165) is 6.20 Å². The molecule has 0 aliphatic heterocycles. The van der Waals surface area contributed by atoms with Gasteiger partial charge in [-0.3, -0.25) is 9.55 Å². The van der Waals surface area contributed by atoms with Crippen LogP contribution in [0.5, 0.6) is 0 Å². The van der Waals surface area contributed by atoms with Gasteiger partial charge in [0.25, 0.3) is 0 Å². The molecule has 0 radical (unpaired) electrons. The van der Waals surface area contributed by atoms with Crippen molar-refractivity contribution in [2.75, 3.05) is 0 Å². The van der Waals surface area contributed by atoms with Crippen molar-refractivity contribution in [3.63, 3.8) is 0 Å². The van der Waals surface area contributed by atoms with Crippen molar-refractivity contribution in [1.29, 1.82) is 0 Å². The number of aromatic nitrogens is 3. The van der Waals surface area contributed by atoms with E-state index in [4.69, 9.17) is 4.55 Å². The second kappa shape index (κ2) is 7.00. The molecule has 0 saturated heterocycles. The Morgan fingerprint density at radius 3 is 2.46 bits per heavy atom. The zero-order valence-corrected chi connectivity index (χ0v) is 14.4. The second-order valence-corrected chi connectivity index (χ2v) is 6.57. The summed E-state index contributed by atoms with van der Waals surface area (Å²) in [6, 6.07) is 9.61. The molecule has 0 amide bonds. The number of alkyl halides is 3. The number of hydrogen-bond donors (Lipinski definition) is 1. The molecule has 1 unspecified atom stereocenters. The maximum atomic E-state index is 13.1. The molecule has 0 aliphatic rings. The molecule has 0 bridgehead atoms. The van der Waals surface area contributed by atoms with Gasteiger partial charge >= 0.3 is 6.18 Å². The van der Waals surface area contributed by atoms with Crippen molar-refractivity contribution in [1.82, 2.24) is 14.5 Å². The van der Waals surface area contributed by atoms with Gasteiger partial charge in [0.2, 0.25) is 0 Å². The molecular formula is C17H14F3N3O2S. The highest BCUT2D eigenvalue weighted by atomic mass is 32.2. The van der Waals surface area contributed by atoms with Crippen LogP contribution in [0.25, 0.3) is 17.1 Å². The van der Waals surface area contributed by atoms with Crippen molar-refractivity contribution >= 4 is 11.1 Å². The van der Waals surface area contributed by atoms with Gasteiger partial charge in [0, 0.05) is 29.3 Å². The fraction of sp³-hybridized carbons (Fsp3) is 0.176. The molecule has 26 heavy (non-hydrogen) atoms. The fourth-order valence-electron chi connectivity index (χ4n) is 2.50. The molecule has 1 N–H and O–H groups in total. The van der Waals surface area contributed by atoms with Crippen molar-refractivity contribution < 1.29 is 21.9 Å². The maximum Gasteiger partial charge on any atom is 0.434 e. The lowest BCUT2D eigenvalue weighted by Gasteiger charge is -2.09. The molecule has 0 saturated carbocycles. The van der Waals surface area contributed by atoms with E-state index < -0.39 is 23.0 Å². The average molecular weight is 381 g/mol. The quantitative estimate of drug-likeness (QED) is 0.694. The van der Waals surface area contributed by atoms with Crippen LogP contribution in [0, 0.1) is 6.92 Å². The number of aryl methyl sites for hydroxylation is 1. The van der Waals surface area contributed by atoms with E-state index in [2.05, 4.69) is 9.97 Å². The summed E-state index contributed by atoms with van der Waals surface area (Å²) < 4.78 is 60.6. The summed E-state index contributed by atoms with van der Waals surface area (Å²) in [5.41, 5.74) is 1.24. The number of halogens is 3. The van der Waals surface area contributed by atoms with Gasteiger partial charge in [-0.2, -0.15) is 13.2 Å². The van der Waals surface area contributed by atoms with Crippen LogP contribution in [0.4, 0.5) is 13.2 Å². The predicted octanol–water partition coefficient (Wildman–Crippen LogP) is 3.98. The molecule has 2 heterocycles. The largest absolute Gasteiger partial charge is 0.434 e. The SMILES string of the molecule is Cc1cc(-c2nc(C(F)(F)F)cn2-c2ccc(CS(=O)O)cc2)ccn1. The lowest BCUT2D eigenvalue weighted by molar-refractivity contribution is -0.140. The first-order valence-electron chi connectivity index (χ1n) is 7.50. The lowest BCUT2D eigenvalue weighted by atomic mass is 10.2. The van der Waals surface area contributed by atoms with E-state index in [-0.39, 0.29) is 11.6 Å². The van der Waals surface area contributed by atoms with Crippen LogP contribution in [0.1, 0.15) is 17.0 Å². The van der Waals surface area contributed by atoms with E-state index in [9.17, 15) is 17.4 Å². The van der Waals surface area contributed by atoms with E-state index in [1.165, 1.54) is 10.8 Å². The van der Waals surface area contributed by atoms with Gasteiger partial charge in [0.1, 0.15) is 5.82 Å². The molecule has 2 aromatic heterocycles. The summed E-state index contributed by atoms with van der Waals surface area (Å²) in [6.45, 7) is 1.74. The first kappa shape index (κ1) is 18.3. The van der Waals surface area contributed by atoms with Crippen LogP contribution in [-0.2, 0) is 23.0 Å². The van der Waals surface area contributed by atoms with Crippen molar-refractivity contribution in [3.8, 4) is 17.1 Å². The highest BCUT2D eigenvalue weighted by molar-refractivity contribution is 7.78. The third-order valence-electron chi connectivity index (χ3n) is 3.66. The highest BCUT2D eigenvalue weighted by Gasteiger charge is 2.35. The molecule has 5 nitrogen and oxygen atoms in total. The molecule has 1 atom stereocenters. The van der Waals surface area contributed by atoms with Crippen LogP contribution >= 0.6 is 0 Å². The minimum atomic E-state index is -4.57. The molecule has 3 aromatic rings. The van der Waals surface area contributed by atoms with Crippen LogP contribution in [0.15, 0.2) is 48.8 Å². The van der Waals surface area contributed by atoms with Gasteiger partial charge < -0.3 is 4.55 Å². The highest BCUT2D eigenvalue weighted by Crippen LogP contribution is 2.32. The molecule has 1 aromatic carbocycles. The van der Waals surface area contributed by atoms with E-state index in [1.807, 2.05) is 0 Å². The Hall–Kier alpha value is -2.52. The Morgan fingerprint density at radius 1 is 1.19 bits per heavy atom. The Bertz CT molecular complexity index is 953. The summed E-state index contributed by atoms with van der Waals surface area (Å²) in [5, 5.41) is 0. The van der Waals surface area contributed by atoms with Gasteiger partial charge in [-0.15, -0.1) is 0 Å². The Labute approximate surface area is 149 Å². The topological polar surface area (TPSA) is 68.0 Å². The summed E-state index contributed by atoms with van der Waals surface area (Å²) >= 11 is -1.99. The third kappa shape index (κ3) is 4.00. The average Bonchev–Trinajstić information content (AvgIpc) is 3.00. The fourth-order valence-corrected chi connectivity index (χ4v) is 2.97. The number of benzene rings is 1. The number of pyridine rings is 1. The molecule has 0 spiro atoms. The first-order valence-corrected chi connectivity index (χ1v) is 8.78. The van der Waals surface area contributed by atoms with Crippen LogP contribution in [0.3, 0.4) is 0 Å². The van der Waals surface area contributed by atoms with Crippen molar-refractivity contribution in [3.05, 3.63) is 65.7 Å². The molecule has 136 valence electrons.